The van der Waals surface area contributed by atoms with Crippen molar-refractivity contribution in [3.05, 3.63) is 229 Å². The van der Waals surface area contributed by atoms with Crippen LogP contribution in [0.5, 0.6) is 0 Å². The molecular weight excluding hydrogens is 1390 g/mol. The minimum absolute atomic E-state index is 0.0153. The number of anilines is 4. The first-order chi connectivity index (χ1) is 47.1. The first kappa shape index (κ1) is 71.1. The van der Waals surface area contributed by atoms with Crippen molar-refractivity contribution in [2.75, 3.05) is 10.6 Å². The summed E-state index contributed by atoms with van der Waals surface area (Å²) < 4.78 is 197. The molecule has 2 aliphatic carbocycles. The highest BCUT2D eigenvalue weighted by Gasteiger charge is 2.32. The van der Waals surface area contributed by atoms with E-state index in [4.69, 9.17) is 13.8 Å². The standard InChI is InChI=1S/C75H68N4O17S5/c1-38-25-39(2)70(40(3)26-38)76-50-21-23-52-60(32-50)95-62-36-58(66(99(86,87)88)34-56(62)68(52)54-17-13-15-19-64(54)97(80,81)82)78-72-44(7)30-49(31-45(72)8)75(11,12)48-28-42(5)71(43(6)29-48)77-51-22-24-53-61(33-51)96-63-37-59(79-73-41(4)27-46(9)74(47(73)10)101(92,93)94)67(100(89,90)91)35-57(63)69(53)55-18-14-16-20-65(55)98(83,84)85/h13-37,76-77H,1-12H3,(H,80,81,82)(H,83,84,85)(H,86,87,88)(H,89,90,91)(H,92,93,94)/b78-58?,79-59+. The summed E-state index contributed by atoms with van der Waals surface area (Å²) in [6.45, 7) is 22.0. The second kappa shape index (κ2) is 25.4. The molecular formula is C75H68N4O17S5. The zero-order valence-electron chi connectivity index (χ0n) is 56.5. The SMILES string of the molecule is Cc1cc(C)c(Nc2ccc3c(-c4ccccc4S(=O)(=O)O)c4cc(S(=O)(=O)O)c(=Nc5c(C)cc(C(C)(C)c6cc(C)c(Nc7ccc8c(-c9ccccc9S(=O)(=O)O)c9cc(S(=O)(=O)O)/c(=N/c%10c(C)cc(C)c(S(=O)(=O)O)c%10C)cc-9oc8c7)c(C)c6)cc5C)cc-4oc3c2)c(C)c1. The van der Waals surface area contributed by atoms with Gasteiger partial charge in [-0.1, -0.05) is 98.3 Å². The minimum Gasteiger partial charge on any atom is -0.456 e. The number of fused-ring (bicyclic) bond motifs is 4. The van der Waals surface area contributed by atoms with Crippen LogP contribution in [0.4, 0.5) is 34.1 Å². The van der Waals surface area contributed by atoms with Crippen LogP contribution >= 0.6 is 0 Å². The van der Waals surface area contributed by atoms with Gasteiger partial charge in [-0.25, -0.2) is 9.98 Å². The van der Waals surface area contributed by atoms with Gasteiger partial charge in [-0.05, 0) is 179 Å². The highest BCUT2D eigenvalue weighted by Crippen LogP contribution is 2.48. The Hall–Kier alpha value is -9.71. The van der Waals surface area contributed by atoms with Crippen LogP contribution < -0.4 is 21.3 Å². The van der Waals surface area contributed by atoms with Crippen molar-refractivity contribution in [3.8, 4) is 44.9 Å². The number of nitrogens with one attached hydrogen (secondary N) is 2. The first-order valence-corrected chi connectivity index (χ1v) is 38.5. The van der Waals surface area contributed by atoms with E-state index in [0.29, 0.717) is 44.8 Å². The fourth-order valence-corrected chi connectivity index (χ4v) is 17.4. The van der Waals surface area contributed by atoms with Gasteiger partial charge in [0.15, 0.2) is 0 Å². The lowest BCUT2D eigenvalue weighted by Crippen LogP contribution is -2.20. The van der Waals surface area contributed by atoms with Gasteiger partial charge >= 0.3 is 0 Å². The number of hydrogen-bond acceptors (Lipinski definition) is 16. The van der Waals surface area contributed by atoms with Gasteiger partial charge in [0.25, 0.3) is 50.6 Å². The predicted octanol–water partition coefficient (Wildman–Crippen LogP) is 16.3. The molecule has 0 aromatic heterocycles. The van der Waals surface area contributed by atoms with Crippen molar-refractivity contribution < 1.29 is 73.7 Å². The van der Waals surface area contributed by atoms with E-state index in [0.717, 1.165) is 50.7 Å². The summed E-state index contributed by atoms with van der Waals surface area (Å²) in [5.74, 6) is 0.00346. The Morgan fingerprint density at radius 2 is 0.733 bits per heavy atom. The average Bonchev–Trinajstić information content (AvgIpc) is 0.739. The Bertz CT molecular complexity index is 6210. The normalized spacial score (nSPS) is 13.1. The molecule has 8 aromatic rings. The Morgan fingerprint density at radius 1 is 0.366 bits per heavy atom. The Labute approximate surface area is 584 Å². The summed E-state index contributed by atoms with van der Waals surface area (Å²) in [6.07, 6.45) is 0. The smallest absolute Gasteiger partial charge is 0.296 e. The van der Waals surface area contributed by atoms with Crippen LogP contribution in [0.25, 0.3) is 66.8 Å². The van der Waals surface area contributed by atoms with Crippen molar-refractivity contribution >= 4 is 107 Å². The second-order valence-electron chi connectivity index (χ2n) is 26.0. The van der Waals surface area contributed by atoms with Gasteiger partial charge in [-0.3, -0.25) is 22.8 Å². The van der Waals surface area contributed by atoms with Crippen LogP contribution in [0.15, 0.2) is 195 Å². The molecule has 2 heterocycles. The molecule has 12 rings (SSSR count). The van der Waals surface area contributed by atoms with Crippen LogP contribution in [0.2, 0.25) is 0 Å². The average molecular weight is 1460 g/mol. The summed E-state index contributed by atoms with van der Waals surface area (Å²) in [6, 6.07) is 39.7. The van der Waals surface area contributed by atoms with Crippen molar-refractivity contribution in [2.24, 2.45) is 9.98 Å². The number of benzene rings is 10. The van der Waals surface area contributed by atoms with Crippen LogP contribution in [0.1, 0.15) is 80.6 Å². The van der Waals surface area contributed by atoms with Crippen LogP contribution in [0.3, 0.4) is 0 Å². The van der Waals surface area contributed by atoms with Gasteiger partial charge < -0.3 is 19.5 Å². The molecule has 0 unspecified atom stereocenters. The van der Waals surface area contributed by atoms with E-state index in [2.05, 4.69) is 29.5 Å². The maximum absolute atomic E-state index is 13.6. The van der Waals surface area contributed by atoms with E-state index in [9.17, 15) is 64.9 Å². The van der Waals surface area contributed by atoms with Crippen LogP contribution in [0, 0.1) is 69.2 Å². The maximum atomic E-state index is 13.6. The van der Waals surface area contributed by atoms with Crippen LogP contribution in [-0.4, -0.2) is 64.9 Å². The number of rotatable bonds is 15. The summed E-state index contributed by atoms with van der Waals surface area (Å²) in [4.78, 5) is 6.71. The Morgan fingerprint density at radius 3 is 1.13 bits per heavy atom. The molecule has 8 aromatic carbocycles. The topological polar surface area (TPSA) is 347 Å². The molecule has 0 fully saturated rings. The lowest BCUT2D eigenvalue weighted by Gasteiger charge is -2.29. The van der Waals surface area contributed by atoms with E-state index in [1.54, 1.807) is 49.4 Å². The highest BCUT2D eigenvalue weighted by molar-refractivity contribution is 7.87. The van der Waals surface area contributed by atoms with Crippen molar-refractivity contribution in [1.29, 1.82) is 0 Å². The summed E-state index contributed by atoms with van der Waals surface area (Å²) in [5.41, 5.74) is 11.4. The molecule has 0 bridgehead atoms. The second-order valence-corrected chi connectivity index (χ2v) is 32.9. The quantitative estimate of drug-likeness (QED) is 0.0370. The molecule has 4 aliphatic rings. The third kappa shape index (κ3) is 13.5. The van der Waals surface area contributed by atoms with E-state index in [1.807, 2.05) is 84.9 Å². The zero-order valence-corrected chi connectivity index (χ0v) is 60.6. The lowest BCUT2D eigenvalue weighted by molar-refractivity contribution is 0.479. The fourth-order valence-electron chi connectivity index (χ4n) is 13.7. The predicted molar refractivity (Wildman–Crippen MR) is 388 cm³/mol. The molecule has 0 atom stereocenters. The molecule has 2 aliphatic heterocycles. The van der Waals surface area contributed by atoms with E-state index in [1.165, 1.54) is 80.6 Å². The van der Waals surface area contributed by atoms with Crippen molar-refractivity contribution in [1.82, 2.24) is 0 Å². The molecule has 520 valence electrons. The molecule has 0 saturated heterocycles. The van der Waals surface area contributed by atoms with E-state index >= 15 is 0 Å². The summed E-state index contributed by atoms with van der Waals surface area (Å²) in [5, 5.41) is 7.03. The molecule has 0 amide bonds. The first-order valence-electron chi connectivity index (χ1n) is 31.3. The van der Waals surface area contributed by atoms with Gasteiger partial charge in [0.05, 0.1) is 22.1 Å². The van der Waals surface area contributed by atoms with Gasteiger partial charge in [-0.2, -0.15) is 42.1 Å². The molecule has 0 saturated carbocycles. The largest absolute Gasteiger partial charge is 0.456 e. The molecule has 26 heteroatoms. The summed E-state index contributed by atoms with van der Waals surface area (Å²) >= 11 is 0. The maximum Gasteiger partial charge on any atom is 0.296 e. The monoisotopic (exact) mass is 1460 g/mol. The molecule has 21 nitrogen and oxygen atoms in total. The minimum atomic E-state index is -5.17. The molecule has 0 spiro atoms. The Kier molecular flexibility index (Phi) is 17.9. The number of aryl methyl sites for hydroxylation is 9. The van der Waals surface area contributed by atoms with Crippen LogP contribution in [-0.2, 0) is 56.0 Å². The van der Waals surface area contributed by atoms with Gasteiger partial charge in [0, 0.05) is 96.6 Å². The summed E-state index contributed by atoms with van der Waals surface area (Å²) in [7, 11) is -24.8. The lowest BCUT2D eigenvalue weighted by atomic mass is 9.76. The van der Waals surface area contributed by atoms with E-state index < -0.39 is 85.8 Å². The third-order valence-electron chi connectivity index (χ3n) is 18.3. The zero-order chi connectivity index (χ0) is 73.3. The van der Waals surface area contributed by atoms with Gasteiger partial charge in [0.2, 0.25) is 0 Å². The van der Waals surface area contributed by atoms with Crippen molar-refractivity contribution in [2.45, 2.75) is 113 Å². The molecule has 101 heavy (non-hydrogen) atoms. The third-order valence-corrected chi connectivity index (χ3v) is 23.0. The highest BCUT2D eigenvalue weighted by atomic mass is 32.2. The van der Waals surface area contributed by atoms with Crippen molar-refractivity contribution in [3.63, 3.8) is 0 Å². The molecule has 7 N–H and O–H groups in total. The fraction of sp³-hybridized carbons (Fsp3) is 0.173. The van der Waals surface area contributed by atoms with Gasteiger partial charge in [-0.15, -0.1) is 0 Å². The number of hydrogen-bond donors (Lipinski definition) is 7. The Balaban J connectivity index is 0.944. The van der Waals surface area contributed by atoms with Gasteiger partial charge in [0.1, 0.15) is 47.2 Å². The van der Waals surface area contributed by atoms with E-state index in [-0.39, 0.29) is 83.6 Å². The number of nitrogens with zero attached hydrogens (tertiary/aromatic N) is 2. The molecule has 0 radical (unpaired) electrons.